The SMILES string of the molecule is COc1nn(C)c2nc(C)c(CCC(=O)NC3CCCNC3)c(C)c12. The second kappa shape index (κ2) is 7.39. The van der Waals surface area contributed by atoms with E-state index < -0.39 is 0 Å². The van der Waals surface area contributed by atoms with Gasteiger partial charge in [0.25, 0.3) is 0 Å². The highest BCUT2D eigenvalue weighted by Gasteiger charge is 2.19. The summed E-state index contributed by atoms with van der Waals surface area (Å²) in [4.78, 5) is 17.0. The van der Waals surface area contributed by atoms with E-state index in [1.807, 2.05) is 14.0 Å². The Labute approximate surface area is 148 Å². The van der Waals surface area contributed by atoms with E-state index in [2.05, 4.69) is 27.6 Å². The van der Waals surface area contributed by atoms with Gasteiger partial charge in [-0.15, -0.1) is 5.10 Å². The lowest BCUT2D eigenvalue weighted by atomic mass is 9.99. The lowest BCUT2D eigenvalue weighted by molar-refractivity contribution is -0.121. The van der Waals surface area contributed by atoms with Gasteiger partial charge in [-0.3, -0.25) is 4.79 Å². The number of aryl methyl sites for hydroxylation is 3. The minimum atomic E-state index is 0.103. The monoisotopic (exact) mass is 345 g/mol. The molecule has 1 atom stereocenters. The number of rotatable bonds is 5. The number of aromatic nitrogens is 3. The Hall–Kier alpha value is -2.15. The van der Waals surface area contributed by atoms with Crippen molar-refractivity contribution in [1.82, 2.24) is 25.4 Å². The maximum absolute atomic E-state index is 12.3. The Morgan fingerprint density at radius 1 is 1.44 bits per heavy atom. The van der Waals surface area contributed by atoms with Gasteiger partial charge in [-0.2, -0.15) is 0 Å². The van der Waals surface area contributed by atoms with Crippen LogP contribution in [0.1, 0.15) is 36.1 Å². The maximum atomic E-state index is 12.3. The van der Waals surface area contributed by atoms with E-state index in [4.69, 9.17) is 4.74 Å². The van der Waals surface area contributed by atoms with Crippen molar-refractivity contribution in [1.29, 1.82) is 0 Å². The summed E-state index contributed by atoms with van der Waals surface area (Å²) in [6.07, 6.45) is 3.31. The normalized spacial score (nSPS) is 17.7. The number of carbonyl (C=O) groups is 1. The van der Waals surface area contributed by atoms with Gasteiger partial charge < -0.3 is 15.4 Å². The number of piperidine rings is 1. The van der Waals surface area contributed by atoms with Crippen LogP contribution in [-0.4, -0.2) is 46.9 Å². The fourth-order valence-electron chi connectivity index (χ4n) is 3.62. The second-order valence-electron chi connectivity index (χ2n) is 6.74. The summed E-state index contributed by atoms with van der Waals surface area (Å²) < 4.78 is 7.13. The summed E-state index contributed by atoms with van der Waals surface area (Å²) in [5, 5.41) is 11.8. The number of amides is 1. The molecule has 3 heterocycles. The first-order valence-corrected chi connectivity index (χ1v) is 8.88. The van der Waals surface area contributed by atoms with Crippen molar-refractivity contribution >= 4 is 16.9 Å². The minimum absolute atomic E-state index is 0.103. The lowest BCUT2D eigenvalue weighted by Gasteiger charge is -2.23. The van der Waals surface area contributed by atoms with Crippen LogP contribution in [0, 0.1) is 13.8 Å². The standard InChI is InChI=1S/C18H27N5O2/c1-11-14(7-8-15(24)21-13-6-5-9-19-10-13)12(2)20-17-16(11)18(25-4)22-23(17)3/h13,19H,5-10H2,1-4H3,(H,21,24). The molecule has 1 unspecified atom stereocenters. The summed E-state index contributed by atoms with van der Waals surface area (Å²) in [7, 11) is 3.48. The number of pyridine rings is 1. The average molecular weight is 345 g/mol. The smallest absolute Gasteiger partial charge is 0.242 e. The molecule has 0 spiro atoms. The number of ether oxygens (including phenoxy) is 1. The summed E-state index contributed by atoms with van der Waals surface area (Å²) in [6, 6.07) is 0.252. The molecular weight excluding hydrogens is 318 g/mol. The fraction of sp³-hybridized carbons (Fsp3) is 0.611. The van der Waals surface area contributed by atoms with E-state index in [0.29, 0.717) is 18.7 Å². The van der Waals surface area contributed by atoms with Gasteiger partial charge in [-0.25, -0.2) is 9.67 Å². The van der Waals surface area contributed by atoms with Gasteiger partial charge in [0.15, 0.2) is 5.65 Å². The summed E-state index contributed by atoms with van der Waals surface area (Å²) in [5.74, 6) is 0.687. The average Bonchev–Trinajstić information content (AvgIpc) is 2.91. The van der Waals surface area contributed by atoms with Crippen molar-refractivity contribution in [3.63, 3.8) is 0 Å². The Morgan fingerprint density at radius 2 is 2.24 bits per heavy atom. The van der Waals surface area contributed by atoms with E-state index >= 15 is 0 Å². The van der Waals surface area contributed by atoms with Gasteiger partial charge in [0.2, 0.25) is 11.8 Å². The Morgan fingerprint density at radius 3 is 2.92 bits per heavy atom. The lowest BCUT2D eigenvalue weighted by Crippen LogP contribution is -2.45. The third kappa shape index (κ3) is 3.61. The molecule has 1 aliphatic rings. The largest absolute Gasteiger partial charge is 0.479 e. The molecule has 3 rings (SSSR count). The van der Waals surface area contributed by atoms with Crippen molar-refractivity contribution in [2.45, 2.75) is 45.6 Å². The van der Waals surface area contributed by atoms with Crippen molar-refractivity contribution in [3.8, 4) is 5.88 Å². The number of nitrogens with zero attached hydrogens (tertiary/aromatic N) is 3. The van der Waals surface area contributed by atoms with Crippen molar-refractivity contribution < 1.29 is 9.53 Å². The minimum Gasteiger partial charge on any atom is -0.479 e. The number of hydrogen-bond donors (Lipinski definition) is 2. The van der Waals surface area contributed by atoms with E-state index in [0.717, 1.165) is 53.8 Å². The third-order valence-corrected chi connectivity index (χ3v) is 4.98. The van der Waals surface area contributed by atoms with Gasteiger partial charge in [0.1, 0.15) is 0 Å². The Bertz CT molecular complexity index is 778. The van der Waals surface area contributed by atoms with E-state index in [1.165, 1.54) is 0 Å². The van der Waals surface area contributed by atoms with Crippen molar-refractivity contribution in [2.24, 2.45) is 7.05 Å². The maximum Gasteiger partial charge on any atom is 0.242 e. The van der Waals surface area contributed by atoms with Gasteiger partial charge in [0.05, 0.1) is 12.5 Å². The molecule has 2 N–H and O–H groups in total. The second-order valence-corrected chi connectivity index (χ2v) is 6.74. The molecule has 136 valence electrons. The summed E-state index contributed by atoms with van der Waals surface area (Å²) >= 11 is 0. The molecule has 7 heteroatoms. The Balaban J connectivity index is 1.75. The molecule has 0 aliphatic carbocycles. The highest BCUT2D eigenvalue weighted by atomic mass is 16.5. The predicted molar refractivity (Wildman–Crippen MR) is 96.9 cm³/mol. The van der Waals surface area contributed by atoms with Gasteiger partial charge in [-0.05, 0) is 50.8 Å². The zero-order chi connectivity index (χ0) is 18.0. The van der Waals surface area contributed by atoms with Crippen LogP contribution in [-0.2, 0) is 18.3 Å². The third-order valence-electron chi connectivity index (χ3n) is 4.98. The summed E-state index contributed by atoms with van der Waals surface area (Å²) in [6.45, 7) is 5.96. The van der Waals surface area contributed by atoms with E-state index in [1.54, 1.807) is 11.8 Å². The van der Waals surface area contributed by atoms with Crippen LogP contribution in [0.25, 0.3) is 11.0 Å². The number of hydrogen-bond acceptors (Lipinski definition) is 5. The molecule has 7 nitrogen and oxygen atoms in total. The first-order valence-electron chi connectivity index (χ1n) is 8.88. The molecule has 1 fully saturated rings. The van der Waals surface area contributed by atoms with E-state index in [9.17, 15) is 4.79 Å². The number of methoxy groups -OCH3 is 1. The van der Waals surface area contributed by atoms with Crippen molar-refractivity contribution in [3.05, 3.63) is 16.8 Å². The van der Waals surface area contributed by atoms with Gasteiger partial charge in [-0.1, -0.05) is 0 Å². The van der Waals surface area contributed by atoms with Crippen LogP contribution < -0.4 is 15.4 Å². The van der Waals surface area contributed by atoms with Crippen LogP contribution in [0.15, 0.2) is 0 Å². The Kier molecular flexibility index (Phi) is 5.22. The molecule has 0 aromatic carbocycles. The molecule has 0 saturated carbocycles. The molecule has 25 heavy (non-hydrogen) atoms. The zero-order valence-corrected chi connectivity index (χ0v) is 15.5. The molecule has 1 amide bonds. The van der Waals surface area contributed by atoms with Crippen molar-refractivity contribution in [2.75, 3.05) is 20.2 Å². The van der Waals surface area contributed by atoms with E-state index in [-0.39, 0.29) is 11.9 Å². The predicted octanol–water partition coefficient (Wildman–Crippen LogP) is 1.39. The van der Waals surface area contributed by atoms with Crippen LogP contribution in [0.5, 0.6) is 5.88 Å². The summed E-state index contributed by atoms with van der Waals surface area (Å²) in [5.41, 5.74) is 3.96. The van der Waals surface area contributed by atoms with Gasteiger partial charge in [0, 0.05) is 31.7 Å². The molecular formula is C18H27N5O2. The highest BCUT2D eigenvalue weighted by molar-refractivity contribution is 5.86. The molecule has 0 radical (unpaired) electrons. The first kappa shape index (κ1) is 17.7. The fourth-order valence-corrected chi connectivity index (χ4v) is 3.62. The van der Waals surface area contributed by atoms with Crippen LogP contribution in [0.4, 0.5) is 0 Å². The molecule has 2 aromatic heterocycles. The molecule has 1 saturated heterocycles. The number of nitrogens with one attached hydrogen (secondary N) is 2. The zero-order valence-electron chi connectivity index (χ0n) is 15.5. The van der Waals surface area contributed by atoms with Crippen LogP contribution in [0.2, 0.25) is 0 Å². The number of carbonyl (C=O) groups excluding carboxylic acids is 1. The van der Waals surface area contributed by atoms with Gasteiger partial charge >= 0.3 is 0 Å². The van der Waals surface area contributed by atoms with Crippen LogP contribution >= 0.6 is 0 Å². The molecule has 2 aromatic rings. The van der Waals surface area contributed by atoms with Crippen LogP contribution in [0.3, 0.4) is 0 Å². The molecule has 0 bridgehead atoms. The highest BCUT2D eigenvalue weighted by Crippen LogP contribution is 2.30. The quantitative estimate of drug-likeness (QED) is 0.856. The first-order chi connectivity index (χ1) is 12.0. The molecule has 1 aliphatic heterocycles. The number of fused-ring (bicyclic) bond motifs is 1. The topological polar surface area (TPSA) is 81.1 Å².